The maximum absolute atomic E-state index is 13.2. The van der Waals surface area contributed by atoms with Crippen molar-refractivity contribution in [1.82, 2.24) is 9.55 Å². The van der Waals surface area contributed by atoms with E-state index in [0.29, 0.717) is 22.0 Å². The van der Waals surface area contributed by atoms with Crippen LogP contribution in [0.2, 0.25) is 10.0 Å². The number of rotatable bonds is 3. The SMILES string of the molecule is Cc1ccc(-c2csc3ncn(Cc4ccc(Cl)cc4Cl)c(=O)c23)c(C)c1. The third-order valence-electron chi connectivity index (χ3n) is 4.59. The Hall–Kier alpha value is -2.14. The van der Waals surface area contributed by atoms with Crippen molar-refractivity contribution in [3.8, 4) is 11.1 Å². The molecule has 27 heavy (non-hydrogen) atoms. The molecule has 0 radical (unpaired) electrons. The van der Waals surface area contributed by atoms with Crippen molar-refractivity contribution >= 4 is 44.8 Å². The molecule has 0 unspecified atom stereocenters. The van der Waals surface area contributed by atoms with Gasteiger partial charge in [0.1, 0.15) is 4.83 Å². The van der Waals surface area contributed by atoms with Crippen LogP contribution in [0.4, 0.5) is 0 Å². The zero-order valence-electron chi connectivity index (χ0n) is 14.8. The molecule has 0 saturated carbocycles. The van der Waals surface area contributed by atoms with Gasteiger partial charge < -0.3 is 0 Å². The Bertz CT molecular complexity index is 1230. The van der Waals surface area contributed by atoms with Crippen LogP contribution >= 0.6 is 34.5 Å². The molecule has 4 aromatic rings. The molecule has 0 aliphatic carbocycles. The van der Waals surface area contributed by atoms with Crippen LogP contribution in [-0.4, -0.2) is 9.55 Å². The first-order valence-electron chi connectivity index (χ1n) is 8.42. The number of hydrogen-bond donors (Lipinski definition) is 0. The summed E-state index contributed by atoms with van der Waals surface area (Å²) in [5.74, 6) is 0. The zero-order valence-corrected chi connectivity index (χ0v) is 17.1. The van der Waals surface area contributed by atoms with Crippen molar-refractivity contribution in [3.63, 3.8) is 0 Å². The van der Waals surface area contributed by atoms with Gasteiger partial charge in [0.15, 0.2) is 0 Å². The second-order valence-corrected chi connectivity index (χ2v) is 8.26. The summed E-state index contributed by atoms with van der Waals surface area (Å²) in [4.78, 5) is 18.4. The van der Waals surface area contributed by atoms with Gasteiger partial charge in [0.05, 0.1) is 18.3 Å². The minimum atomic E-state index is -0.0674. The summed E-state index contributed by atoms with van der Waals surface area (Å²) >= 11 is 13.7. The lowest BCUT2D eigenvalue weighted by molar-refractivity contribution is 0.750. The summed E-state index contributed by atoms with van der Waals surface area (Å²) in [6, 6.07) is 11.5. The van der Waals surface area contributed by atoms with Crippen molar-refractivity contribution in [3.05, 3.63) is 85.2 Å². The Labute approximate surface area is 170 Å². The van der Waals surface area contributed by atoms with E-state index in [1.54, 1.807) is 23.0 Å². The Balaban J connectivity index is 1.85. The van der Waals surface area contributed by atoms with Crippen molar-refractivity contribution < 1.29 is 0 Å². The number of halogens is 2. The van der Waals surface area contributed by atoms with Crippen LogP contribution in [0.15, 0.2) is 52.9 Å². The molecule has 0 fully saturated rings. The van der Waals surface area contributed by atoms with Crippen LogP contribution in [0.1, 0.15) is 16.7 Å². The van der Waals surface area contributed by atoms with E-state index in [9.17, 15) is 4.79 Å². The van der Waals surface area contributed by atoms with Gasteiger partial charge in [-0.2, -0.15) is 0 Å². The van der Waals surface area contributed by atoms with Gasteiger partial charge in [0, 0.05) is 21.0 Å². The number of nitrogens with zero attached hydrogens (tertiary/aromatic N) is 2. The number of benzene rings is 2. The summed E-state index contributed by atoms with van der Waals surface area (Å²) in [6.07, 6.45) is 1.58. The fraction of sp³-hybridized carbons (Fsp3) is 0.143. The molecule has 3 nitrogen and oxygen atoms in total. The maximum Gasteiger partial charge on any atom is 0.263 e. The molecule has 0 spiro atoms. The number of thiophene rings is 1. The third kappa shape index (κ3) is 3.41. The van der Waals surface area contributed by atoms with E-state index in [1.165, 1.54) is 16.9 Å². The predicted molar refractivity (Wildman–Crippen MR) is 114 cm³/mol. The Morgan fingerprint density at radius 2 is 1.89 bits per heavy atom. The molecule has 4 rings (SSSR count). The standard InChI is InChI=1S/C21H16Cl2N2OS/c1-12-3-6-16(13(2)7-12)17-10-27-20-19(17)21(26)25(11-24-20)9-14-4-5-15(22)8-18(14)23/h3-8,10-11H,9H2,1-2H3. The van der Waals surface area contributed by atoms with Gasteiger partial charge in [-0.15, -0.1) is 11.3 Å². The average molecular weight is 415 g/mol. The highest BCUT2D eigenvalue weighted by molar-refractivity contribution is 7.17. The molecule has 0 bridgehead atoms. The fourth-order valence-corrected chi connectivity index (χ4v) is 4.59. The number of hydrogen-bond acceptors (Lipinski definition) is 3. The third-order valence-corrected chi connectivity index (χ3v) is 6.06. The Morgan fingerprint density at radius 3 is 2.63 bits per heavy atom. The van der Waals surface area contributed by atoms with Gasteiger partial charge in [0.2, 0.25) is 0 Å². The lowest BCUT2D eigenvalue weighted by atomic mass is 9.99. The lowest BCUT2D eigenvalue weighted by Gasteiger charge is -2.09. The molecule has 0 amide bonds. The van der Waals surface area contributed by atoms with Crippen molar-refractivity contribution in [1.29, 1.82) is 0 Å². The quantitative estimate of drug-likeness (QED) is 0.405. The molecule has 2 aromatic carbocycles. The van der Waals surface area contributed by atoms with Crippen molar-refractivity contribution in [2.24, 2.45) is 0 Å². The first kappa shape index (κ1) is 18.2. The molecule has 0 aliphatic rings. The van der Waals surface area contributed by atoms with E-state index in [4.69, 9.17) is 23.2 Å². The van der Waals surface area contributed by atoms with Crippen LogP contribution in [0, 0.1) is 13.8 Å². The molecule has 0 aliphatic heterocycles. The fourth-order valence-electron chi connectivity index (χ4n) is 3.23. The van der Waals surface area contributed by atoms with Gasteiger partial charge in [0.25, 0.3) is 5.56 Å². The number of aryl methyl sites for hydroxylation is 2. The minimum absolute atomic E-state index is 0.0674. The molecule has 2 aromatic heterocycles. The molecule has 0 atom stereocenters. The maximum atomic E-state index is 13.2. The molecular weight excluding hydrogens is 399 g/mol. The van der Waals surface area contributed by atoms with Crippen LogP contribution in [0.5, 0.6) is 0 Å². The van der Waals surface area contributed by atoms with Crippen LogP contribution < -0.4 is 5.56 Å². The first-order valence-corrected chi connectivity index (χ1v) is 10.1. The zero-order chi connectivity index (χ0) is 19.1. The summed E-state index contributed by atoms with van der Waals surface area (Å²) in [6.45, 7) is 4.47. The predicted octanol–water partition coefficient (Wildman–Crippen LogP) is 6.10. The normalized spacial score (nSPS) is 11.3. The van der Waals surface area contributed by atoms with Gasteiger partial charge in [-0.3, -0.25) is 9.36 Å². The van der Waals surface area contributed by atoms with E-state index >= 15 is 0 Å². The molecule has 0 saturated heterocycles. The highest BCUT2D eigenvalue weighted by Gasteiger charge is 2.15. The second-order valence-electron chi connectivity index (χ2n) is 6.56. The largest absolute Gasteiger partial charge is 0.294 e. The summed E-state index contributed by atoms with van der Waals surface area (Å²) in [5, 5.41) is 3.77. The minimum Gasteiger partial charge on any atom is -0.294 e. The lowest BCUT2D eigenvalue weighted by Crippen LogP contribution is -2.21. The highest BCUT2D eigenvalue weighted by atomic mass is 35.5. The summed E-state index contributed by atoms with van der Waals surface area (Å²) in [5.41, 5.74) is 5.10. The molecule has 6 heteroatoms. The summed E-state index contributed by atoms with van der Waals surface area (Å²) < 4.78 is 1.59. The van der Waals surface area contributed by atoms with Crippen LogP contribution in [0.3, 0.4) is 0 Å². The number of aromatic nitrogens is 2. The van der Waals surface area contributed by atoms with Crippen LogP contribution in [-0.2, 0) is 6.54 Å². The van der Waals surface area contributed by atoms with E-state index in [0.717, 1.165) is 27.1 Å². The molecule has 0 N–H and O–H groups in total. The molecule has 136 valence electrons. The number of fused-ring (bicyclic) bond motifs is 1. The average Bonchev–Trinajstić information content (AvgIpc) is 3.04. The van der Waals surface area contributed by atoms with Crippen LogP contribution in [0.25, 0.3) is 21.3 Å². The Morgan fingerprint density at radius 1 is 1.07 bits per heavy atom. The molecule has 2 heterocycles. The van der Waals surface area contributed by atoms with E-state index in [1.807, 2.05) is 11.4 Å². The first-order chi connectivity index (χ1) is 12.9. The van der Waals surface area contributed by atoms with E-state index in [-0.39, 0.29) is 5.56 Å². The van der Waals surface area contributed by atoms with E-state index < -0.39 is 0 Å². The smallest absolute Gasteiger partial charge is 0.263 e. The van der Waals surface area contributed by atoms with Gasteiger partial charge >= 0.3 is 0 Å². The summed E-state index contributed by atoms with van der Waals surface area (Å²) in [7, 11) is 0. The Kier molecular flexibility index (Phi) is 4.81. The van der Waals surface area contributed by atoms with Gasteiger partial charge in [-0.05, 0) is 42.7 Å². The van der Waals surface area contributed by atoms with E-state index in [2.05, 4.69) is 37.0 Å². The van der Waals surface area contributed by atoms with Gasteiger partial charge in [-0.1, -0.05) is 53.0 Å². The van der Waals surface area contributed by atoms with Crippen molar-refractivity contribution in [2.75, 3.05) is 0 Å². The highest BCUT2D eigenvalue weighted by Crippen LogP contribution is 2.33. The van der Waals surface area contributed by atoms with Crippen molar-refractivity contribution in [2.45, 2.75) is 20.4 Å². The van der Waals surface area contributed by atoms with Gasteiger partial charge in [-0.25, -0.2) is 4.98 Å². The topological polar surface area (TPSA) is 34.9 Å². The second kappa shape index (κ2) is 7.12. The monoisotopic (exact) mass is 414 g/mol. The molecular formula is C21H16Cl2N2OS.